The lowest BCUT2D eigenvalue weighted by Gasteiger charge is -2.07. The van der Waals surface area contributed by atoms with Crippen LogP contribution in [-0.2, 0) is 12.8 Å². The van der Waals surface area contributed by atoms with Gasteiger partial charge < -0.3 is 4.74 Å². The molecule has 0 saturated heterocycles. The lowest BCUT2D eigenvalue weighted by atomic mass is 10.0. The minimum Gasteiger partial charge on any atom is -0.497 e. The SMILES string of the molecule is COc1ccc(CCCCc2cn[nH]c2)c(C)c1. The number of unbranched alkanes of at least 4 members (excludes halogenated alkanes) is 1. The van der Waals surface area contributed by atoms with Crippen LogP contribution in [0.3, 0.4) is 0 Å². The van der Waals surface area contributed by atoms with Crippen molar-refractivity contribution in [3.8, 4) is 5.75 Å². The van der Waals surface area contributed by atoms with Crippen molar-refractivity contribution in [3.05, 3.63) is 47.3 Å². The molecule has 0 unspecified atom stereocenters. The number of benzene rings is 1. The van der Waals surface area contributed by atoms with Crippen molar-refractivity contribution in [2.24, 2.45) is 0 Å². The Morgan fingerprint density at radius 2 is 2.06 bits per heavy atom. The summed E-state index contributed by atoms with van der Waals surface area (Å²) in [5, 5.41) is 6.80. The Labute approximate surface area is 108 Å². The molecule has 0 aliphatic carbocycles. The second kappa shape index (κ2) is 6.24. The average molecular weight is 244 g/mol. The summed E-state index contributed by atoms with van der Waals surface area (Å²) in [4.78, 5) is 0. The van der Waals surface area contributed by atoms with Crippen LogP contribution in [-0.4, -0.2) is 17.3 Å². The standard InChI is InChI=1S/C15H20N2O/c1-12-9-15(18-2)8-7-14(12)6-4-3-5-13-10-16-17-11-13/h7-11H,3-6H2,1-2H3,(H,16,17). The van der Waals surface area contributed by atoms with Crippen LogP contribution in [0.4, 0.5) is 0 Å². The van der Waals surface area contributed by atoms with E-state index < -0.39 is 0 Å². The third-order valence-corrected chi connectivity index (χ3v) is 3.27. The largest absolute Gasteiger partial charge is 0.497 e. The number of hydrogen-bond donors (Lipinski definition) is 1. The number of rotatable bonds is 6. The summed E-state index contributed by atoms with van der Waals surface area (Å²) in [6.45, 7) is 2.15. The third-order valence-electron chi connectivity index (χ3n) is 3.27. The van der Waals surface area contributed by atoms with Crippen molar-refractivity contribution in [2.75, 3.05) is 7.11 Å². The third kappa shape index (κ3) is 3.36. The molecule has 0 saturated carbocycles. The smallest absolute Gasteiger partial charge is 0.119 e. The quantitative estimate of drug-likeness (QED) is 0.792. The molecule has 2 rings (SSSR count). The van der Waals surface area contributed by atoms with E-state index in [1.165, 1.54) is 29.5 Å². The van der Waals surface area contributed by atoms with Crippen molar-refractivity contribution >= 4 is 0 Å². The maximum Gasteiger partial charge on any atom is 0.119 e. The Morgan fingerprint density at radius 1 is 1.22 bits per heavy atom. The van der Waals surface area contributed by atoms with E-state index >= 15 is 0 Å². The Balaban J connectivity index is 1.79. The molecule has 0 aliphatic rings. The van der Waals surface area contributed by atoms with Gasteiger partial charge in [0.2, 0.25) is 0 Å². The van der Waals surface area contributed by atoms with Gasteiger partial charge in [-0.05, 0) is 61.4 Å². The number of ether oxygens (including phenoxy) is 1. The van der Waals surface area contributed by atoms with E-state index in [4.69, 9.17) is 4.74 Å². The number of hydrogen-bond acceptors (Lipinski definition) is 2. The molecule has 0 fully saturated rings. The number of H-pyrrole nitrogens is 1. The fraction of sp³-hybridized carbons (Fsp3) is 0.400. The van der Waals surface area contributed by atoms with Crippen molar-refractivity contribution in [1.82, 2.24) is 10.2 Å². The van der Waals surface area contributed by atoms with Gasteiger partial charge >= 0.3 is 0 Å². The zero-order chi connectivity index (χ0) is 12.8. The van der Waals surface area contributed by atoms with Gasteiger partial charge in [-0.2, -0.15) is 5.10 Å². The summed E-state index contributed by atoms with van der Waals surface area (Å²) in [5.74, 6) is 0.939. The molecular formula is C15H20N2O. The number of nitrogens with one attached hydrogen (secondary N) is 1. The van der Waals surface area contributed by atoms with Gasteiger partial charge in [0.25, 0.3) is 0 Å². The van der Waals surface area contributed by atoms with Gasteiger partial charge in [0.1, 0.15) is 5.75 Å². The number of methoxy groups -OCH3 is 1. The van der Waals surface area contributed by atoms with E-state index in [9.17, 15) is 0 Å². The maximum atomic E-state index is 5.21. The molecule has 0 aliphatic heterocycles. The monoisotopic (exact) mass is 244 g/mol. The molecule has 0 bridgehead atoms. The van der Waals surface area contributed by atoms with E-state index in [0.717, 1.165) is 18.6 Å². The maximum absolute atomic E-state index is 5.21. The average Bonchev–Trinajstić information content (AvgIpc) is 2.89. The first-order valence-electron chi connectivity index (χ1n) is 6.41. The summed E-state index contributed by atoms with van der Waals surface area (Å²) in [6, 6.07) is 6.32. The number of aromatic nitrogens is 2. The molecule has 2 aromatic rings. The molecule has 3 heteroatoms. The Morgan fingerprint density at radius 3 is 2.72 bits per heavy atom. The normalized spacial score (nSPS) is 10.6. The topological polar surface area (TPSA) is 37.9 Å². The van der Waals surface area contributed by atoms with Crippen LogP contribution >= 0.6 is 0 Å². The Hall–Kier alpha value is -1.77. The first kappa shape index (κ1) is 12.7. The molecule has 1 N–H and O–H groups in total. The van der Waals surface area contributed by atoms with E-state index in [1.54, 1.807) is 7.11 Å². The van der Waals surface area contributed by atoms with Gasteiger partial charge in [-0.3, -0.25) is 5.10 Å². The first-order valence-corrected chi connectivity index (χ1v) is 6.41. The minimum atomic E-state index is 0.939. The molecule has 1 aromatic carbocycles. The van der Waals surface area contributed by atoms with Crippen LogP contribution in [0.2, 0.25) is 0 Å². The van der Waals surface area contributed by atoms with E-state index in [1.807, 2.05) is 18.5 Å². The van der Waals surface area contributed by atoms with Crippen LogP contribution in [0.5, 0.6) is 5.75 Å². The highest BCUT2D eigenvalue weighted by Gasteiger charge is 2.01. The summed E-state index contributed by atoms with van der Waals surface area (Å²) >= 11 is 0. The van der Waals surface area contributed by atoms with E-state index in [-0.39, 0.29) is 0 Å². The Bertz CT molecular complexity index is 477. The molecule has 18 heavy (non-hydrogen) atoms. The van der Waals surface area contributed by atoms with Gasteiger partial charge in [-0.1, -0.05) is 6.07 Å². The van der Waals surface area contributed by atoms with Gasteiger partial charge in [0.05, 0.1) is 13.3 Å². The predicted molar refractivity (Wildman–Crippen MR) is 73.0 cm³/mol. The zero-order valence-corrected chi connectivity index (χ0v) is 11.1. The molecule has 96 valence electrons. The van der Waals surface area contributed by atoms with Crippen LogP contribution in [0, 0.1) is 6.92 Å². The molecule has 0 atom stereocenters. The lowest BCUT2D eigenvalue weighted by Crippen LogP contribution is -1.93. The molecule has 0 radical (unpaired) electrons. The number of nitrogens with zero attached hydrogens (tertiary/aromatic N) is 1. The lowest BCUT2D eigenvalue weighted by molar-refractivity contribution is 0.414. The molecule has 0 amide bonds. The summed E-state index contributed by atoms with van der Waals surface area (Å²) < 4.78 is 5.21. The van der Waals surface area contributed by atoms with E-state index in [2.05, 4.69) is 29.3 Å². The van der Waals surface area contributed by atoms with E-state index in [0.29, 0.717) is 0 Å². The van der Waals surface area contributed by atoms with Crippen molar-refractivity contribution < 1.29 is 4.74 Å². The van der Waals surface area contributed by atoms with Gasteiger partial charge in [0.15, 0.2) is 0 Å². The van der Waals surface area contributed by atoms with Gasteiger partial charge in [-0.15, -0.1) is 0 Å². The zero-order valence-electron chi connectivity index (χ0n) is 11.1. The summed E-state index contributed by atoms with van der Waals surface area (Å²) in [6.07, 6.45) is 8.51. The van der Waals surface area contributed by atoms with Crippen LogP contribution in [0.15, 0.2) is 30.6 Å². The fourth-order valence-electron chi connectivity index (χ4n) is 2.13. The number of aryl methyl sites for hydroxylation is 3. The van der Waals surface area contributed by atoms with Crippen molar-refractivity contribution in [3.63, 3.8) is 0 Å². The predicted octanol–water partition coefficient (Wildman–Crippen LogP) is 3.29. The van der Waals surface area contributed by atoms with Gasteiger partial charge in [-0.25, -0.2) is 0 Å². The molecule has 1 aromatic heterocycles. The molecule has 0 spiro atoms. The highest BCUT2D eigenvalue weighted by atomic mass is 16.5. The Kier molecular flexibility index (Phi) is 4.40. The van der Waals surface area contributed by atoms with Crippen molar-refractivity contribution in [2.45, 2.75) is 32.6 Å². The molecular weight excluding hydrogens is 224 g/mol. The minimum absolute atomic E-state index is 0.939. The second-order valence-corrected chi connectivity index (χ2v) is 4.61. The number of aromatic amines is 1. The summed E-state index contributed by atoms with van der Waals surface area (Å²) in [5.41, 5.74) is 4.03. The molecule has 1 heterocycles. The van der Waals surface area contributed by atoms with Crippen LogP contribution < -0.4 is 4.74 Å². The highest BCUT2D eigenvalue weighted by molar-refractivity contribution is 5.34. The first-order chi connectivity index (χ1) is 8.79. The van der Waals surface area contributed by atoms with Crippen LogP contribution in [0.1, 0.15) is 29.5 Å². The summed E-state index contributed by atoms with van der Waals surface area (Å²) in [7, 11) is 1.71. The second-order valence-electron chi connectivity index (χ2n) is 4.61. The molecule has 3 nitrogen and oxygen atoms in total. The van der Waals surface area contributed by atoms with Crippen LogP contribution in [0.25, 0.3) is 0 Å². The van der Waals surface area contributed by atoms with Gasteiger partial charge in [0, 0.05) is 6.20 Å². The fourth-order valence-corrected chi connectivity index (χ4v) is 2.13. The highest BCUT2D eigenvalue weighted by Crippen LogP contribution is 2.18. The van der Waals surface area contributed by atoms with Crippen molar-refractivity contribution in [1.29, 1.82) is 0 Å².